The Kier molecular flexibility index (Phi) is 6.86. The molecule has 158 valence electrons. The van der Waals surface area contributed by atoms with Crippen LogP contribution in [-0.4, -0.2) is 51.5 Å². The van der Waals surface area contributed by atoms with Crippen molar-refractivity contribution in [3.05, 3.63) is 52.3 Å². The first-order valence-corrected chi connectivity index (χ1v) is 9.86. The Morgan fingerprint density at radius 3 is 2.33 bits per heavy atom. The maximum Gasteiger partial charge on any atom is 0.337 e. The van der Waals surface area contributed by atoms with Crippen LogP contribution in [0.25, 0.3) is 10.2 Å². The monoisotopic (exact) mass is 430 g/mol. The number of methoxy groups -OCH3 is 4. The maximum atomic E-state index is 13.1. The first-order valence-electron chi connectivity index (χ1n) is 9.04. The zero-order valence-electron chi connectivity index (χ0n) is 17.1. The van der Waals surface area contributed by atoms with Crippen LogP contribution in [0.4, 0.5) is 0 Å². The molecule has 0 N–H and O–H groups in total. The number of ether oxygens (including phenoxy) is 4. The molecule has 0 fully saturated rings. The Morgan fingerprint density at radius 1 is 1.03 bits per heavy atom. The van der Waals surface area contributed by atoms with Crippen molar-refractivity contribution in [2.24, 2.45) is 4.99 Å². The first kappa shape index (κ1) is 21.5. The molecule has 0 radical (unpaired) electrons. The fourth-order valence-corrected chi connectivity index (χ4v) is 4.10. The molecule has 3 aromatic rings. The van der Waals surface area contributed by atoms with Gasteiger partial charge in [-0.2, -0.15) is 4.99 Å². The number of carbonyl (C=O) groups excluding carboxylic acids is 2. The quantitative estimate of drug-likeness (QED) is 0.536. The molecule has 8 nitrogen and oxygen atoms in total. The molecule has 30 heavy (non-hydrogen) atoms. The summed E-state index contributed by atoms with van der Waals surface area (Å²) in [4.78, 5) is 29.8. The summed E-state index contributed by atoms with van der Waals surface area (Å²) in [6.07, 6.45) is 0. The van der Waals surface area contributed by atoms with Gasteiger partial charge in [0.05, 0.1) is 43.7 Å². The minimum absolute atomic E-state index is 0.244. The Morgan fingerprint density at radius 2 is 1.73 bits per heavy atom. The van der Waals surface area contributed by atoms with Gasteiger partial charge in [-0.05, 0) is 30.3 Å². The molecule has 0 aliphatic carbocycles. The zero-order valence-corrected chi connectivity index (χ0v) is 17.9. The third-order valence-corrected chi connectivity index (χ3v) is 5.50. The average molecular weight is 430 g/mol. The van der Waals surface area contributed by atoms with E-state index in [4.69, 9.17) is 18.9 Å². The molecule has 3 rings (SSSR count). The van der Waals surface area contributed by atoms with Gasteiger partial charge in [0.15, 0.2) is 4.80 Å². The minimum atomic E-state index is -0.491. The van der Waals surface area contributed by atoms with Crippen LogP contribution in [0.15, 0.2) is 41.4 Å². The van der Waals surface area contributed by atoms with Gasteiger partial charge in [0.2, 0.25) is 0 Å². The number of fused-ring (bicyclic) bond motifs is 1. The van der Waals surface area contributed by atoms with Gasteiger partial charge in [-0.3, -0.25) is 4.79 Å². The van der Waals surface area contributed by atoms with Gasteiger partial charge in [-0.15, -0.1) is 0 Å². The van der Waals surface area contributed by atoms with E-state index in [1.54, 1.807) is 43.5 Å². The van der Waals surface area contributed by atoms with Crippen LogP contribution in [0.5, 0.6) is 11.5 Å². The number of benzene rings is 2. The van der Waals surface area contributed by atoms with E-state index in [9.17, 15) is 9.59 Å². The van der Waals surface area contributed by atoms with E-state index < -0.39 is 11.9 Å². The molecule has 0 aliphatic rings. The number of hydrogen-bond acceptors (Lipinski definition) is 7. The van der Waals surface area contributed by atoms with E-state index in [2.05, 4.69) is 4.99 Å². The minimum Gasteiger partial charge on any atom is -0.496 e. The molecule has 0 saturated heterocycles. The molecule has 0 spiro atoms. The van der Waals surface area contributed by atoms with Gasteiger partial charge in [0.25, 0.3) is 5.91 Å². The third kappa shape index (κ3) is 4.22. The van der Waals surface area contributed by atoms with E-state index in [1.807, 2.05) is 4.57 Å². The summed E-state index contributed by atoms with van der Waals surface area (Å²) in [5.41, 5.74) is 1.51. The summed E-state index contributed by atoms with van der Waals surface area (Å²) < 4.78 is 23.3. The van der Waals surface area contributed by atoms with E-state index in [0.29, 0.717) is 35.0 Å². The van der Waals surface area contributed by atoms with Crippen molar-refractivity contribution in [1.29, 1.82) is 0 Å². The van der Waals surface area contributed by atoms with Crippen LogP contribution in [0.1, 0.15) is 20.7 Å². The SMILES string of the molecule is COCCn1c(=NC(=O)c2c(OC)cccc2OC)sc2cc(C(=O)OC)ccc21. The molecular formula is C21H22N2O6S. The lowest BCUT2D eigenvalue weighted by Crippen LogP contribution is -2.19. The van der Waals surface area contributed by atoms with E-state index in [-0.39, 0.29) is 5.56 Å². The number of hydrogen-bond donors (Lipinski definition) is 0. The number of carbonyl (C=O) groups is 2. The highest BCUT2D eigenvalue weighted by Gasteiger charge is 2.19. The van der Waals surface area contributed by atoms with Crippen LogP contribution in [0, 0.1) is 0 Å². The van der Waals surface area contributed by atoms with E-state index in [0.717, 1.165) is 10.2 Å². The predicted octanol–water partition coefficient (Wildman–Crippen LogP) is 2.89. The van der Waals surface area contributed by atoms with E-state index in [1.165, 1.54) is 32.7 Å². The lowest BCUT2D eigenvalue weighted by atomic mass is 10.1. The second-order valence-electron chi connectivity index (χ2n) is 6.16. The van der Waals surface area contributed by atoms with Crippen LogP contribution in [-0.2, 0) is 16.0 Å². The number of nitrogens with zero attached hydrogens (tertiary/aromatic N) is 2. The Balaban J connectivity index is 2.17. The van der Waals surface area contributed by atoms with E-state index >= 15 is 0 Å². The molecular weight excluding hydrogens is 408 g/mol. The van der Waals surface area contributed by atoms with Gasteiger partial charge in [0.1, 0.15) is 17.1 Å². The maximum absolute atomic E-state index is 13.1. The Hall–Kier alpha value is -3.17. The Bertz CT molecular complexity index is 1130. The standard InChI is InChI=1S/C21H22N2O6S/c1-26-11-10-23-14-9-8-13(20(25)29-4)12-17(14)30-21(23)22-19(24)18-15(27-2)6-5-7-16(18)28-3/h5-9,12H,10-11H2,1-4H3. The molecule has 9 heteroatoms. The second kappa shape index (κ2) is 9.55. The highest BCUT2D eigenvalue weighted by molar-refractivity contribution is 7.16. The summed E-state index contributed by atoms with van der Waals surface area (Å²) in [6.45, 7) is 0.924. The molecule has 0 atom stereocenters. The highest BCUT2D eigenvalue weighted by Crippen LogP contribution is 2.29. The summed E-state index contributed by atoms with van der Waals surface area (Å²) in [7, 11) is 5.90. The first-order chi connectivity index (χ1) is 14.5. The zero-order chi connectivity index (χ0) is 21.7. The van der Waals surface area contributed by atoms with Gasteiger partial charge >= 0.3 is 5.97 Å². The number of thiazole rings is 1. The summed E-state index contributed by atoms with van der Waals surface area (Å²) in [6, 6.07) is 10.3. The number of rotatable bonds is 7. The summed E-state index contributed by atoms with van der Waals surface area (Å²) in [5, 5.41) is 0. The van der Waals surface area contributed by atoms with Gasteiger partial charge in [-0.1, -0.05) is 17.4 Å². The van der Waals surface area contributed by atoms with Gasteiger partial charge < -0.3 is 23.5 Å². The highest BCUT2D eigenvalue weighted by atomic mass is 32.1. The largest absolute Gasteiger partial charge is 0.496 e. The molecule has 0 saturated carbocycles. The fraction of sp³-hybridized carbons (Fsp3) is 0.286. The van der Waals surface area contributed by atoms with Crippen molar-refractivity contribution in [3.8, 4) is 11.5 Å². The number of esters is 1. The fourth-order valence-electron chi connectivity index (χ4n) is 3.01. The van der Waals surface area contributed by atoms with Crippen LogP contribution < -0.4 is 14.3 Å². The molecule has 1 amide bonds. The van der Waals surface area contributed by atoms with Crippen molar-refractivity contribution in [3.63, 3.8) is 0 Å². The average Bonchev–Trinajstić information content (AvgIpc) is 3.12. The van der Waals surface area contributed by atoms with Crippen LogP contribution >= 0.6 is 11.3 Å². The number of amides is 1. The van der Waals surface area contributed by atoms with Crippen molar-refractivity contribution >= 4 is 33.4 Å². The van der Waals surface area contributed by atoms with Crippen LogP contribution in [0.3, 0.4) is 0 Å². The van der Waals surface area contributed by atoms with Crippen molar-refractivity contribution < 1.29 is 28.5 Å². The summed E-state index contributed by atoms with van der Waals surface area (Å²) in [5.74, 6) is -0.168. The second-order valence-corrected chi connectivity index (χ2v) is 7.17. The Labute approximate surface area is 177 Å². The predicted molar refractivity (Wildman–Crippen MR) is 112 cm³/mol. The smallest absolute Gasteiger partial charge is 0.337 e. The molecule has 2 aromatic carbocycles. The van der Waals surface area contributed by atoms with Crippen molar-refractivity contribution in [1.82, 2.24) is 4.57 Å². The summed E-state index contributed by atoms with van der Waals surface area (Å²) >= 11 is 1.30. The topological polar surface area (TPSA) is 88.4 Å². The third-order valence-electron chi connectivity index (χ3n) is 4.46. The molecule has 0 bridgehead atoms. The van der Waals surface area contributed by atoms with Crippen LogP contribution in [0.2, 0.25) is 0 Å². The lowest BCUT2D eigenvalue weighted by Gasteiger charge is -2.10. The van der Waals surface area contributed by atoms with Crippen molar-refractivity contribution in [2.75, 3.05) is 35.0 Å². The normalized spacial score (nSPS) is 11.5. The van der Waals surface area contributed by atoms with Crippen molar-refractivity contribution in [2.45, 2.75) is 6.54 Å². The lowest BCUT2D eigenvalue weighted by molar-refractivity contribution is 0.0600. The molecule has 1 aromatic heterocycles. The number of aromatic nitrogens is 1. The molecule has 1 heterocycles. The molecule has 0 aliphatic heterocycles. The molecule has 0 unspecified atom stereocenters. The van der Waals surface area contributed by atoms with Gasteiger partial charge in [-0.25, -0.2) is 4.79 Å². The van der Waals surface area contributed by atoms with Gasteiger partial charge in [0, 0.05) is 13.7 Å².